The van der Waals surface area contributed by atoms with E-state index in [1.54, 1.807) is 11.8 Å². The van der Waals surface area contributed by atoms with E-state index in [1.807, 2.05) is 25.1 Å². The van der Waals surface area contributed by atoms with Crippen molar-refractivity contribution in [1.29, 1.82) is 0 Å². The van der Waals surface area contributed by atoms with E-state index in [0.29, 0.717) is 11.6 Å². The summed E-state index contributed by atoms with van der Waals surface area (Å²) in [4.78, 5) is 13.0. The zero-order chi connectivity index (χ0) is 14.2. The highest BCUT2D eigenvalue weighted by Gasteiger charge is 2.07. The Morgan fingerprint density at radius 1 is 1.30 bits per heavy atom. The molecule has 0 saturated heterocycles. The van der Waals surface area contributed by atoms with Gasteiger partial charge in [-0.05, 0) is 30.7 Å². The molecule has 2 rings (SSSR count). The minimum absolute atomic E-state index is 0.0115. The number of thioether (sulfide) groups is 1. The Kier molecular flexibility index (Phi) is 6.01. The number of anilines is 1. The minimum atomic E-state index is 0.0115. The van der Waals surface area contributed by atoms with Gasteiger partial charge in [0.1, 0.15) is 5.01 Å². The van der Waals surface area contributed by atoms with Crippen molar-refractivity contribution in [2.45, 2.75) is 31.1 Å². The summed E-state index contributed by atoms with van der Waals surface area (Å²) in [6.45, 7) is 2.02. The van der Waals surface area contributed by atoms with Gasteiger partial charge in [0, 0.05) is 11.3 Å². The maximum Gasteiger partial charge on any atom is 0.226 e. The van der Waals surface area contributed by atoms with Crippen LogP contribution in [0.5, 0.6) is 0 Å². The van der Waals surface area contributed by atoms with Crippen molar-refractivity contribution in [3.05, 3.63) is 35.3 Å². The quantitative estimate of drug-likeness (QED) is 0.627. The number of amides is 1. The molecule has 0 unspecified atom stereocenters. The first-order valence-corrected chi connectivity index (χ1v) is 8.38. The second-order valence-electron chi connectivity index (χ2n) is 4.17. The van der Waals surface area contributed by atoms with Gasteiger partial charge in [-0.1, -0.05) is 36.5 Å². The molecule has 1 N–H and O–H groups in total. The molecular formula is C14H17N3OS2. The molecule has 1 aromatic heterocycles. The number of aromatic nitrogens is 2. The summed E-state index contributed by atoms with van der Waals surface area (Å²) < 4.78 is 0. The zero-order valence-corrected chi connectivity index (χ0v) is 13.0. The van der Waals surface area contributed by atoms with Gasteiger partial charge < -0.3 is 5.32 Å². The van der Waals surface area contributed by atoms with Gasteiger partial charge in [0.25, 0.3) is 0 Å². The molecule has 1 aromatic carbocycles. The number of hydrogen-bond donors (Lipinski definition) is 1. The monoisotopic (exact) mass is 307 g/mol. The van der Waals surface area contributed by atoms with Crippen LogP contribution in [-0.4, -0.2) is 21.9 Å². The molecule has 0 saturated carbocycles. The summed E-state index contributed by atoms with van der Waals surface area (Å²) in [5.41, 5.74) is 0. The molecule has 20 heavy (non-hydrogen) atoms. The third-order valence-corrected chi connectivity index (χ3v) is 4.66. The summed E-state index contributed by atoms with van der Waals surface area (Å²) in [5.74, 6) is 0.950. The van der Waals surface area contributed by atoms with Crippen molar-refractivity contribution in [2.75, 3.05) is 11.1 Å². The van der Waals surface area contributed by atoms with Crippen LogP contribution in [0.2, 0.25) is 0 Å². The zero-order valence-electron chi connectivity index (χ0n) is 11.3. The minimum Gasteiger partial charge on any atom is -0.301 e. The Hall–Kier alpha value is -1.40. The van der Waals surface area contributed by atoms with Crippen LogP contribution < -0.4 is 5.32 Å². The Balaban J connectivity index is 1.65. The molecule has 0 spiro atoms. The van der Waals surface area contributed by atoms with Gasteiger partial charge in [0.2, 0.25) is 11.0 Å². The topological polar surface area (TPSA) is 54.9 Å². The Morgan fingerprint density at radius 3 is 2.80 bits per heavy atom. The molecule has 1 heterocycles. The van der Waals surface area contributed by atoms with Crippen molar-refractivity contribution in [3.63, 3.8) is 0 Å². The van der Waals surface area contributed by atoms with Crippen molar-refractivity contribution < 1.29 is 4.79 Å². The highest BCUT2D eigenvalue weighted by atomic mass is 32.2. The number of carbonyl (C=O) groups is 1. The van der Waals surface area contributed by atoms with E-state index in [2.05, 4.69) is 27.6 Å². The highest BCUT2D eigenvalue weighted by Crippen LogP contribution is 2.19. The van der Waals surface area contributed by atoms with Crippen LogP contribution >= 0.6 is 23.1 Å². The fourth-order valence-corrected chi connectivity index (χ4v) is 3.14. The largest absolute Gasteiger partial charge is 0.301 e. The molecule has 0 aliphatic carbocycles. The molecule has 1 amide bonds. The summed E-state index contributed by atoms with van der Waals surface area (Å²) in [7, 11) is 0. The first kappa shape index (κ1) is 15.0. The van der Waals surface area contributed by atoms with Gasteiger partial charge in [-0.2, -0.15) is 0 Å². The molecule has 0 aliphatic heterocycles. The predicted octanol–water partition coefficient (Wildman–Crippen LogP) is 3.61. The predicted molar refractivity (Wildman–Crippen MR) is 84.3 cm³/mol. The highest BCUT2D eigenvalue weighted by molar-refractivity contribution is 7.99. The number of carbonyl (C=O) groups excluding carboxylic acids is 1. The van der Waals surface area contributed by atoms with E-state index in [9.17, 15) is 4.79 Å². The molecule has 0 bridgehead atoms. The lowest BCUT2D eigenvalue weighted by molar-refractivity contribution is -0.116. The van der Waals surface area contributed by atoms with Gasteiger partial charge in [-0.3, -0.25) is 4.79 Å². The molecule has 106 valence electrons. The van der Waals surface area contributed by atoms with Crippen molar-refractivity contribution in [1.82, 2.24) is 10.2 Å². The van der Waals surface area contributed by atoms with Gasteiger partial charge in [-0.15, -0.1) is 22.0 Å². The summed E-state index contributed by atoms with van der Waals surface area (Å²) in [5, 5.41) is 12.2. The van der Waals surface area contributed by atoms with Crippen LogP contribution in [-0.2, 0) is 11.2 Å². The third-order valence-electron chi connectivity index (χ3n) is 2.58. The lowest BCUT2D eigenvalue weighted by atomic mass is 10.3. The fraction of sp³-hybridized carbons (Fsp3) is 0.357. The van der Waals surface area contributed by atoms with Gasteiger partial charge in [0.05, 0.1) is 0 Å². The van der Waals surface area contributed by atoms with Crippen LogP contribution in [0.15, 0.2) is 35.2 Å². The molecule has 0 aliphatic rings. The van der Waals surface area contributed by atoms with E-state index in [-0.39, 0.29) is 5.91 Å². The smallest absolute Gasteiger partial charge is 0.226 e. The SMILES string of the molecule is CCc1nnc(NC(=O)CCCSc2ccccc2)s1. The van der Waals surface area contributed by atoms with E-state index in [1.165, 1.54) is 16.2 Å². The van der Waals surface area contributed by atoms with Crippen LogP contribution in [0.4, 0.5) is 5.13 Å². The van der Waals surface area contributed by atoms with E-state index in [4.69, 9.17) is 0 Å². The summed E-state index contributed by atoms with van der Waals surface area (Å²) in [6.07, 6.45) is 2.22. The number of hydrogen-bond acceptors (Lipinski definition) is 5. The molecule has 0 radical (unpaired) electrons. The number of aryl methyl sites for hydroxylation is 1. The average molecular weight is 307 g/mol. The molecule has 6 heteroatoms. The maximum atomic E-state index is 11.7. The third kappa shape index (κ3) is 4.94. The molecule has 0 fully saturated rings. The molecule has 0 atom stereocenters. The maximum absolute atomic E-state index is 11.7. The van der Waals surface area contributed by atoms with Gasteiger partial charge >= 0.3 is 0 Å². The Labute approximate surface area is 127 Å². The molecule has 4 nitrogen and oxygen atoms in total. The van der Waals surface area contributed by atoms with Crippen molar-refractivity contribution >= 4 is 34.1 Å². The second-order valence-corrected chi connectivity index (χ2v) is 6.40. The van der Waals surface area contributed by atoms with Gasteiger partial charge in [0.15, 0.2) is 0 Å². The first-order chi connectivity index (χ1) is 9.78. The lowest BCUT2D eigenvalue weighted by Gasteiger charge is -2.02. The molecule has 2 aromatic rings. The van der Waals surface area contributed by atoms with Gasteiger partial charge in [-0.25, -0.2) is 0 Å². The summed E-state index contributed by atoms with van der Waals surface area (Å²) >= 11 is 3.21. The van der Waals surface area contributed by atoms with Crippen LogP contribution in [0.1, 0.15) is 24.8 Å². The fourth-order valence-electron chi connectivity index (χ4n) is 1.57. The van der Waals surface area contributed by atoms with Crippen LogP contribution in [0.3, 0.4) is 0 Å². The Bertz CT molecular complexity index is 542. The summed E-state index contributed by atoms with van der Waals surface area (Å²) in [6, 6.07) is 10.2. The first-order valence-electron chi connectivity index (χ1n) is 6.58. The van der Waals surface area contributed by atoms with Crippen molar-refractivity contribution in [2.24, 2.45) is 0 Å². The standard InChI is InChI=1S/C14H17N3OS2/c1-2-13-16-17-14(20-13)15-12(18)9-6-10-19-11-7-4-3-5-8-11/h3-5,7-8H,2,6,9-10H2,1H3,(H,15,17,18). The second kappa shape index (κ2) is 8.01. The van der Waals surface area contributed by atoms with E-state index in [0.717, 1.165) is 23.6 Å². The molecular weight excluding hydrogens is 290 g/mol. The van der Waals surface area contributed by atoms with E-state index >= 15 is 0 Å². The normalized spacial score (nSPS) is 10.4. The number of nitrogens with zero attached hydrogens (tertiary/aromatic N) is 2. The Morgan fingerprint density at radius 2 is 2.10 bits per heavy atom. The lowest BCUT2D eigenvalue weighted by Crippen LogP contribution is -2.11. The van der Waals surface area contributed by atoms with Crippen LogP contribution in [0.25, 0.3) is 0 Å². The number of rotatable bonds is 7. The van der Waals surface area contributed by atoms with Crippen molar-refractivity contribution in [3.8, 4) is 0 Å². The number of nitrogens with one attached hydrogen (secondary N) is 1. The average Bonchev–Trinajstić information content (AvgIpc) is 2.92. The number of benzene rings is 1. The van der Waals surface area contributed by atoms with Crippen LogP contribution in [0, 0.1) is 0 Å². The van der Waals surface area contributed by atoms with E-state index < -0.39 is 0 Å².